The molecular weight excluding hydrogens is 436 g/mol. The van der Waals surface area contributed by atoms with Gasteiger partial charge in [-0.2, -0.15) is 0 Å². The van der Waals surface area contributed by atoms with Gasteiger partial charge in [0.15, 0.2) is 5.13 Å². The molecule has 32 heavy (non-hydrogen) atoms. The van der Waals surface area contributed by atoms with Crippen LogP contribution in [0, 0.1) is 13.8 Å². The molecular formula is C24H22N6S2. The van der Waals surface area contributed by atoms with E-state index in [2.05, 4.69) is 39.6 Å². The number of nitrogens with two attached hydrogens (primary N) is 1. The molecule has 0 aliphatic rings. The van der Waals surface area contributed by atoms with E-state index in [1.807, 2.05) is 61.8 Å². The number of aryl methyl sites for hydroxylation is 2. The number of imidazole rings is 1. The summed E-state index contributed by atoms with van der Waals surface area (Å²) in [6.45, 7) is 8.28. The Kier molecular flexibility index (Phi) is 5.16. The number of thiophene rings is 1. The Balaban J connectivity index is 1.35. The number of para-hydroxylation sites is 2. The number of thiazole rings is 1. The number of fused-ring (bicyclic) bond motifs is 1. The summed E-state index contributed by atoms with van der Waals surface area (Å²) < 4.78 is 2.14. The van der Waals surface area contributed by atoms with Crippen molar-refractivity contribution in [2.24, 2.45) is 0 Å². The van der Waals surface area contributed by atoms with Gasteiger partial charge in [0.2, 0.25) is 0 Å². The number of nitrogens with one attached hydrogen (secondary N) is 2. The highest BCUT2D eigenvalue weighted by Crippen LogP contribution is 2.36. The smallest absolute Gasteiger partial charge is 0.188 e. The normalized spacial score (nSPS) is 11.1. The minimum atomic E-state index is 0.691. The lowest BCUT2D eigenvalue weighted by Crippen LogP contribution is -1.99. The molecule has 0 amide bonds. The van der Waals surface area contributed by atoms with Gasteiger partial charge in [0.25, 0.3) is 0 Å². The van der Waals surface area contributed by atoms with Crippen LogP contribution in [0.1, 0.15) is 16.1 Å². The summed E-state index contributed by atoms with van der Waals surface area (Å²) in [6.07, 6.45) is 3.95. The number of nitrogens with zero attached hydrogens (tertiary/aromatic N) is 3. The van der Waals surface area contributed by atoms with Crippen molar-refractivity contribution in [3.63, 3.8) is 0 Å². The van der Waals surface area contributed by atoms with Crippen LogP contribution in [0.15, 0.2) is 67.5 Å². The number of hydrogen-bond acceptors (Lipinski definition) is 7. The second-order valence-corrected chi connectivity index (χ2v) is 9.55. The first-order valence-electron chi connectivity index (χ1n) is 10.1. The van der Waals surface area contributed by atoms with Crippen molar-refractivity contribution in [1.29, 1.82) is 0 Å². The van der Waals surface area contributed by atoms with Crippen LogP contribution >= 0.6 is 22.7 Å². The molecule has 0 spiro atoms. The van der Waals surface area contributed by atoms with Gasteiger partial charge in [-0.15, -0.1) is 11.3 Å². The monoisotopic (exact) mass is 458 g/mol. The summed E-state index contributed by atoms with van der Waals surface area (Å²) in [5.41, 5.74) is 12.6. The van der Waals surface area contributed by atoms with Crippen LogP contribution in [0.3, 0.4) is 0 Å². The van der Waals surface area contributed by atoms with Crippen molar-refractivity contribution in [2.45, 2.75) is 13.8 Å². The highest BCUT2D eigenvalue weighted by Gasteiger charge is 2.15. The fourth-order valence-corrected chi connectivity index (χ4v) is 5.38. The maximum absolute atomic E-state index is 6.02. The Morgan fingerprint density at radius 1 is 1.06 bits per heavy atom. The third-order valence-corrected chi connectivity index (χ3v) is 7.12. The van der Waals surface area contributed by atoms with E-state index in [9.17, 15) is 0 Å². The van der Waals surface area contributed by atoms with Crippen LogP contribution in [0.4, 0.5) is 21.5 Å². The molecule has 0 unspecified atom stereocenters. The van der Waals surface area contributed by atoms with Crippen LogP contribution in [-0.2, 0) is 0 Å². The topological polar surface area (TPSA) is 80.3 Å². The van der Waals surface area contributed by atoms with Crippen LogP contribution in [-0.4, -0.2) is 14.4 Å². The first-order chi connectivity index (χ1) is 15.5. The van der Waals surface area contributed by atoms with E-state index in [4.69, 9.17) is 10.7 Å². The van der Waals surface area contributed by atoms with E-state index in [1.165, 1.54) is 0 Å². The predicted octanol–water partition coefficient (Wildman–Crippen LogP) is 6.54. The minimum Gasteiger partial charge on any atom is -0.397 e. The first kappa shape index (κ1) is 20.3. The number of benzene rings is 1. The molecule has 0 atom stereocenters. The van der Waals surface area contributed by atoms with Gasteiger partial charge in [-0.25, -0.2) is 9.97 Å². The zero-order valence-electron chi connectivity index (χ0n) is 17.7. The summed E-state index contributed by atoms with van der Waals surface area (Å²) in [5.74, 6) is 0. The van der Waals surface area contributed by atoms with Gasteiger partial charge in [0.1, 0.15) is 5.65 Å². The molecule has 0 radical (unpaired) electrons. The molecule has 6 nitrogen and oxygen atoms in total. The number of pyridine rings is 1. The molecule has 5 rings (SSSR count). The maximum Gasteiger partial charge on any atom is 0.188 e. The molecule has 0 aliphatic carbocycles. The molecule has 8 heteroatoms. The van der Waals surface area contributed by atoms with Gasteiger partial charge >= 0.3 is 0 Å². The van der Waals surface area contributed by atoms with Crippen molar-refractivity contribution in [3.05, 3.63) is 83.6 Å². The maximum atomic E-state index is 6.02. The third-order valence-electron chi connectivity index (χ3n) is 5.14. The van der Waals surface area contributed by atoms with E-state index < -0.39 is 0 Å². The van der Waals surface area contributed by atoms with Crippen molar-refractivity contribution in [1.82, 2.24) is 14.4 Å². The molecule has 0 fully saturated rings. The summed E-state index contributed by atoms with van der Waals surface area (Å²) in [6, 6.07) is 15.9. The standard InChI is InChI=1S/C24H22N6S2/c1-14-7-6-12-30-22(16(3)28-23(14)30)20-13-26-24(32-20)29-21-11-10-19(31-21)15(2)27-18-9-5-4-8-17(18)25/h4-13,27H,2,25H2,1,3H3,(H,26,29). The van der Waals surface area contributed by atoms with Crippen molar-refractivity contribution in [2.75, 3.05) is 16.4 Å². The zero-order valence-corrected chi connectivity index (χ0v) is 19.3. The van der Waals surface area contributed by atoms with Gasteiger partial charge in [0.05, 0.1) is 37.5 Å². The molecule has 4 aromatic heterocycles. The summed E-state index contributed by atoms with van der Waals surface area (Å²) in [5, 5.41) is 8.54. The van der Waals surface area contributed by atoms with Crippen LogP contribution in [0.2, 0.25) is 0 Å². The molecule has 0 saturated carbocycles. The number of rotatable bonds is 6. The average molecular weight is 459 g/mol. The van der Waals surface area contributed by atoms with Crippen LogP contribution in [0.5, 0.6) is 0 Å². The number of hydrogen-bond donors (Lipinski definition) is 3. The minimum absolute atomic E-state index is 0.691. The molecule has 0 bridgehead atoms. The van der Waals surface area contributed by atoms with Gasteiger partial charge in [-0.05, 0) is 49.7 Å². The Hall–Kier alpha value is -3.62. The van der Waals surface area contributed by atoms with Crippen LogP contribution in [0.25, 0.3) is 21.9 Å². The SMILES string of the molecule is C=C(Nc1ccccc1N)c1ccc(Nc2ncc(-c3c(C)nc4c(C)cccn34)s2)s1. The van der Waals surface area contributed by atoms with Gasteiger partial charge in [-0.3, -0.25) is 4.40 Å². The van der Waals surface area contributed by atoms with E-state index in [0.717, 1.165) is 53.9 Å². The van der Waals surface area contributed by atoms with Crippen molar-refractivity contribution < 1.29 is 0 Å². The molecule has 0 aliphatic heterocycles. The van der Waals surface area contributed by atoms with Gasteiger partial charge in [-0.1, -0.05) is 36.1 Å². The Morgan fingerprint density at radius 3 is 2.75 bits per heavy atom. The van der Waals surface area contributed by atoms with Crippen molar-refractivity contribution >= 4 is 55.5 Å². The fraction of sp³-hybridized carbons (Fsp3) is 0.0833. The summed E-state index contributed by atoms with van der Waals surface area (Å²) >= 11 is 3.22. The largest absolute Gasteiger partial charge is 0.397 e. The molecule has 5 aromatic rings. The Labute approximate surface area is 194 Å². The zero-order chi connectivity index (χ0) is 22.2. The lowest BCUT2D eigenvalue weighted by atomic mass is 10.2. The number of aromatic nitrogens is 3. The van der Waals surface area contributed by atoms with Crippen molar-refractivity contribution in [3.8, 4) is 10.6 Å². The molecule has 0 saturated heterocycles. The molecule has 160 valence electrons. The van der Waals surface area contributed by atoms with E-state index in [-0.39, 0.29) is 0 Å². The summed E-state index contributed by atoms with van der Waals surface area (Å²) in [4.78, 5) is 11.4. The quantitative estimate of drug-likeness (QED) is 0.252. The lowest BCUT2D eigenvalue weighted by Gasteiger charge is -2.10. The Bertz CT molecular complexity index is 1440. The van der Waals surface area contributed by atoms with E-state index in [0.29, 0.717) is 5.69 Å². The van der Waals surface area contributed by atoms with Gasteiger partial charge in [0, 0.05) is 18.1 Å². The third kappa shape index (κ3) is 3.74. The Morgan fingerprint density at radius 2 is 1.91 bits per heavy atom. The summed E-state index contributed by atoms with van der Waals surface area (Å²) in [7, 11) is 0. The number of anilines is 4. The van der Waals surface area contributed by atoms with E-state index >= 15 is 0 Å². The van der Waals surface area contributed by atoms with E-state index in [1.54, 1.807) is 22.7 Å². The second-order valence-electron chi connectivity index (χ2n) is 7.44. The molecule has 1 aromatic carbocycles. The number of nitrogen functional groups attached to an aromatic ring is 1. The highest BCUT2D eigenvalue weighted by molar-refractivity contribution is 7.20. The fourth-order valence-electron chi connectivity index (χ4n) is 3.56. The predicted molar refractivity (Wildman–Crippen MR) is 137 cm³/mol. The second kappa shape index (κ2) is 8.14. The van der Waals surface area contributed by atoms with Crippen LogP contribution < -0.4 is 16.4 Å². The highest BCUT2D eigenvalue weighted by atomic mass is 32.1. The first-order valence-corrected chi connectivity index (χ1v) is 11.7. The molecule has 4 heterocycles. The van der Waals surface area contributed by atoms with Gasteiger partial charge < -0.3 is 16.4 Å². The molecule has 4 N–H and O–H groups in total. The lowest BCUT2D eigenvalue weighted by molar-refractivity contribution is 1.17. The average Bonchev–Trinajstić information content (AvgIpc) is 3.49.